The van der Waals surface area contributed by atoms with E-state index in [1.807, 2.05) is 0 Å². The fourth-order valence-electron chi connectivity index (χ4n) is 3.50. The molecule has 0 amide bonds. The van der Waals surface area contributed by atoms with Crippen molar-refractivity contribution in [3.63, 3.8) is 0 Å². The third kappa shape index (κ3) is 3.48. The van der Waals surface area contributed by atoms with Gasteiger partial charge in [0.2, 0.25) is 0 Å². The lowest BCUT2D eigenvalue weighted by atomic mass is 9.93. The summed E-state index contributed by atoms with van der Waals surface area (Å²) >= 11 is 0. The number of nitrogens with two attached hydrogens (primary N) is 1. The SMILES string of the molecule is CC(C)N1CCC(CN)(N(C)CC2CCCOC2)C1. The lowest BCUT2D eigenvalue weighted by molar-refractivity contribution is 0.0214. The molecule has 2 unspecified atom stereocenters. The van der Waals surface area contributed by atoms with Gasteiger partial charge in [-0.2, -0.15) is 0 Å². The summed E-state index contributed by atoms with van der Waals surface area (Å²) in [5.74, 6) is 0.690. The quantitative estimate of drug-likeness (QED) is 0.813. The van der Waals surface area contributed by atoms with Crippen molar-refractivity contribution in [3.8, 4) is 0 Å². The average Bonchev–Trinajstić information content (AvgIpc) is 2.86. The maximum atomic E-state index is 6.14. The van der Waals surface area contributed by atoms with Gasteiger partial charge in [-0.3, -0.25) is 9.80 Å². The van der Waals surface area contributed by atoms with E-state index in [0.29, 0.717) is 12.0 Å². The molecule has 0 saturated carbocycles. The van der Waals surface area contributed by atoms with E-state index < -0.39 is 0 Å². The Morgan fingerprint density at radius 3 is 2.79 bits per heavy atom. The van der Waals surface area contributed by atoms with Crippen LogP contribution in [0, 0.1) is 5.92 Å². The third-order valence-electron chi connectivity index (χ3n) is 5.07. The first-order chi connectivity index (χ1) is 9.07. The summed E-state index contributed by atoms with van der Waals surface area (Å²) in [6.07, 6.45) is 3.72. The Morgan fingerprint density at radius 1 is 1.47 bits per heavy atom. The second-order valence-electron chi connectivity index (χ2n) is 6.71. The van der Waals surface area contributed by atoms with Gasteiger partial charge in [0.15, 0.2) is 0 Å². The highest BCUT2D eigenvalue weighted by Gasteiger charge is 2.41. The van der Waals surface area contributed by atoms with Crippen LogP contribution in [0.15, 0.2) is 0 Å². The first-order valence-corrected chi connectivity index (χ1v) is 7.80. The molecule has 0 aromatic heterocycles. The minimum Gasteiger partial charge on any atom is -0.381 e. The Hall–Kier alpha value is -0.160. The number of likely N-dealkylation sites (tertiary alicyclic amines) is 1. The molecule has 19 heavy (non-hydrogen) atoms. The molecule has 0 radical (unpaired) electrons. The molecule has 0 aliphatic carbocycles. The smallest absolute Gasteiger partial charge is 0.0506 e. The van der Waals surface area contributed by atoms with Crippen LogP contribution in [-0.4, -0.2) is 67.8 Å². The fraction of sp³-hybridized carbons (Fsp3) is 1.00. The normalized spacial score (nSPS) is 33.5. The Morgan fingerprint density at radius 2 is 2.26 bits per heavy atom. The largest absolute Gasteiger partial charge is 0.381 e. The number of rotatable bonds is 5. The number of likely N-dealkylation sites (N-methyl/N-ethyl adjacent to an activating group) is 1. The summed E-state index contributed by atoms with van der Waals surface area (Å²) < 4.78 is 5.60. The summed E-state index contributed by atoms with van der Waals surface area (Å²) in [7, 11) is 2.26. The Kier molecular flexibility index (Phi) is 5.23. The molecule has 0 aromatic carbocycles. The van der Waals surface area contributed by atoms with Gasteiger partial charge >= 0.3 is 0 Å². The molecule has 2 aliphatic heterocycles. The lowest BCUT2D eigenvalue weighted by Crippen LogP contribution is -2.56. The van der Waals surface area contributed by atoms with Gasteiger partial charge in [-0.25, -0.2) is 0 Å². The van der Waals surface area contributed by atoms with Crippen molar-refractivity contribution < 1.29 is 4.74 Å². The number of hydrogen-bond acceptors (Lipinski definition) is 4. The average molecular weight is 269 g/mol. The van der Waals surface area contributed by atoms with E-state index in [4.69, 9.17) is 10.5 Å². The highest BCUT2D eigenvalue weighted by Crippen LogP contribution is 2.29. The maximum absolute atomic E-state index is 6.14. The van der Waals surface area contributed by atoms with Crippen molar-refractivity contribution in [3.05, 3.63) is 0 Å². The topological polar surface area (TPSA) is 41.7 Å². The summed E-state index contributed by atoms with van der Waals surface area (Å²) in [6.45, 7) is 10.6. The summed E-state index contributed by atoms with van der Waals surface area (Å²) in [5.41, 5.74) is 6.32. The van der Waals surface area contributed by atoms with Crippen molar-refractivity contribution in [2.45, 2.75) is 44.7 Å². The minimum atomic E-state index is 0.182. The van der Waals surface area contributed by atoms with E-state index in [2.05, 4.69) is 30.7 Å². The molecule has 4 nitrogen and oxygen atoms in total. The van der Waals surface area contributed by atoms with E-state index in [1.165, 1.54) is 25.8 Å². The highest BCUT2D eigenvalue weighted by molar-refractivity contribution is 5.00. The molecule has 112 valence electrons. The lowest BCUT2D eigenvalue weighted by Gasteiger charge is -2.41. The number of hydrogen-bond donors (Lipinski definition) is 1. The zero-order chi connectivity index (χ0) is 13.9. The van der Waals surface area contributed by atoms with Crippen LogP contribution in [0.2, 0.25) is 0 Å². The summed E-state index contributed by atoms with van der Waals surface area (Å²) in [4.78, 5) is 5.08. The van der Waals surface area contributed by atoms with Crippen LogP contribution in [0.1, 0.15) is 33.1 Å². The molecule has 2 atom stereocenters. The molecule has 0 aromatic rings. The molecular formula is C15H31N3O. The molecule has 2 saturated heterocycles. The molecule has 2 N–H and O–H groups in total. The Balaban J connectivity index is 1.92. The van der Waals surface area contributed by atoms with Gasteiger partial charge in [0.25, 0.3) is 0 Å². The van der Waals surface area contributed by atoms with Crippen LogP contribution >= 0.6 is 0 Å². The monoisotopic (exact) mass is 269 g/mol. The molecular weight excluding hydrogens is 238 g/mol. The number of nitrogens with zero attached hydrogens (tertiary/aromatic N) is 2. The van der Waals surface area contributed by atoms with Crippen LogP contribution in [0.25, 0.3) is 0 Å². The first kappa shape index (κ1) is 15.2. The van der Waals surface area contributed by atoms with Gasteiger partial charge in [-0.05, 0) is 46.1 Å². The zero-order valence-electron chi connectivity index (χ0n) is 12.9. The third-order valence-corrected chi connectivity index (χ3v) is 5.07. The summed E-state index contributed by atoms with van der Waals surface area (Å²) in [5, 5.41) is 0. The van der Waals surface area contributed by atoms with Gasteiger partial charge in [0, 0.05) is 44.4 Å². The van der Waals surface area contributed by atoms with Crippen LogP contribution in [0.3, 0.4) is 0 Å². The molecule has 0 spiro atoms. The van der Waals surface area contributed by atoms with E-state index in [-0.39, 0.29) is 5.54 Å². The van der Waals surface area contributed by atoms with Crippen molar-refractivity contribution in [1.29, 1.82) is 0 Å². The molecule has 2 rings (SSSR count). The van der Waals surface area contributed by atoms with Gasteiger partial charge in [0.1, 0.15) is 0 Å². The van der Waals surface area contributed by atoms with Crippen LogP contribution in [-0.2, 0) is 4.74 Å². The predicted molar refractivity (Wildman–Crippen MR) is 79.3 cm³/mol. The van der Waals surface area contributed by atoms with Gasteiger partial charge in [-0.15, -0.1) is 0 Å². The van der Waals surface area contributed by atoms with Gasteiger partial charge in [0.05, 0.1) is 6.61 Å². The highest BCUT2D eigenvalue weighted by atomic mass is 16.5. The summed E-state index contributed by atoms with van der Waals surface area (Å²) in [6, 6.07) is 0.625. The fourth-order valence-corrected chi connectivity index (χ4v) is 3.50. The molecule has 2 aliphatic rings. The van der Waals surface area contributed by atoms with Crippen molar-refractivity contribution in [2.75, 3.05) is 46.4 Å². The van der Waals surface area contributed by atoms with Crippen LogP contribution in [0.5, 0.6) is 0 Å². The second-order valence-corrected chi connectivity index (χ2v) is 6.71. The molecule has 2 heterocycles. The van der Waals surface area contributed by atoms with E-state index in [1.54, 1.807) is 0 Å². The van der Waals surface area contributed by atoms with E-state index in [9.17, 15) is 0 Å². The van der Waals surface area contributed by atoms with Gasteiger partial charge in [-0.1, -0.05) is 0 Å². The standard InChI is InChI=1S/C15H31N3O/c1-13(2)18-7-6-15(11-16,12-18)17(3)9-14-5-4-8-19-10-14/h13-14H,4-12,16H2,1-3H3. The second kappa shape index (κ2) is 6.53. The molecule has 0 bridgehead atoms. The Labute approximate surface area is 118 Å². The van der Waals surface area contributed by atoms with E-state index >= 15 is 0 Å². The van der Waals surface area contributed by atoms with Crippen LogP contribution in [0.4, 0.5) is 0 Å². The zero-order valence-corrected chi connectivity index (χ0v) is 12.9. The molecule has 2 fully saturated rings. The van der Waals surface area contributed by atoms with E-state index in [0.717, 1.165) is 32.8 Å². The minimum absolute atomic E-state index is 0.182. The van der Waals surface area contributed by atoms with Crippen molar-refractivity contribution in [2.24, 2.45) is 11.7 Å². The van der Waals surface area contributed by atoms with Crippen LogP contribution < -0.4 is 5.73 Å². The molecule has 4 heteroatoms. The first-order valence-electron chi connectivity index (χ1n) is 7.80. The van der Waals surface area contributed by atoms with Gasteiger partial charge < -0.3 is 10.5 Å². The Bertz CT molecular complexity index is 279. The number of ether oxygens (including phenoxy) is 1. The maximum Gasteiger partial charge on any atom is 0.0506 e. The van der Waals surface area contributed by atoms with Crippen molar-refractivity contribution >= 4 is 0 Å². The predicted octanol–water partition coefficient (Wildman–Crippen LogP) is 1.16. The van der Waals surface area contributed by atoms with Crippen molar-refractivity contribution in [1.82, 2.24) is 9.80 Å².